The monoisotopic (exact) mass is 284 g/mol. The first kappa shape index (κ1) is 15.0. The number of rotatable bonds is 6. The van der Waals surface area contributed by atoms with E-state index < -0.39 is 0 Å². The van der Waals surface area contributed by atoms with Crippen molar-refractivity contribution in [2.45, 2.75) is 13.0 Å². The fraction of sp³-hybridized carbons (Fsp3) is 0.222. The molecule has 0 aliphatic rings. The lowest BCUT2D eigenvalue weighted by molar-refractivity contribution is 0.267. The molecule has 0 amide bonds. The smallest absolute Gasteiger partial charge is 0.127 e. The van der Waals surface area contributed by atoms with Gasteiger partial charge in [0, 0.05) is 18.2 Å². The molecule has 110 valence electrons. The van der Waals surface area contributed by atoms with E-state index in [1.165, 1.54) is 0 Å². The van der Waals surface area contributed by atoms with Gasteiger partial charge < -0.3 is 14.2 Å². The van der Waals surface area contributed by atoms with Gasteiger partial charge in [-0.15, -0.1) is 0 Å². The van der Waals surface area contributed by atoms with E-state index in [4.69, 9.17) is 14.2 Å². The normalized spacial score (nSPS) is 12.1. The standard InChI is InChI=1S/C18H20O3/c1-14(9-10-15-7-5-4-6-8-15)21-18-12-16(19-2)11-17(13-18)20-3/h4-14H,1-3H3/b10-9+. The van der Waals surface area contributed by atoms with Gasteiger partial charge in [0.1, 0.15) is 23.4 Å². The second kappa shape index (κ2) is 7.39. The summed E-state index contributed by atoms with van der Waals surface area (Å²) in [6.07, 6.45) is 4.01. The molecule has 3 nitrogen and oxygen atoms in total. The van der Waals surface area contributed by atoms with Crippen LogP contribution < -0.4 is 14.2 Å². The van der Waals surface area contributed by atoms with E-state index in [1.807, 2.05) is 55.5 Å². The van der Waals surface area contributed by atoms with Gasteiger partial charge in [0.25, 0.3) is 0 Å². The topological polar surface area (TPSA) is 27.7 Å². The Morgan fingerprint density at radius 1 is 0.857 bits per heavy atom. The summed E-state index contributed by atoms with van der Waals surface area (Å²) in [5.74, 6) is 2.14. The first-order chi connectivity index (χ1) is 10.2. The van der Waals surface area contributed by atoms with Gasteiger partial charge in [0.15, 0.2) is 0 Å². The summed E-state index contributed by atoms with van der Waals surface area (Å²) in [6, 6.07) is 15.6. The van der Waals surface area contributed by atoms with E-state index in [0.29, 0.717) is 11.5 Å². The van der Waals surface area contributed by atoms with E-state index in [1.54, 1.807) is 14.2 Å². The largest absolute Gasteiger partial charge is 0.496 e. The molecule has 0 N–H and O–H groups in total. The van der Waals surface area contributed by atoms with Crippen molar-refractivity contribution < 1.29 is 14.2 Å². The Kier molecular flexibility index (Phi) is 5.27. The lowest BCUT2D eigenvalue weighted by Crippen LogP contribution is -2.08. The molecule has 0 aromatic heterocycles. The van der Waals surface area contributed by atoms with Gasteiger partial charge in [-0.1, -0.05) is 36.4 Å². The number of benzene rings is 2. The summed E-state index contributed by atoms with van der Waals surface area (Å²) in [5, 5.41) is 0. The van der Waals surface area contributed by atoms with Gasteiger partial charge >= 0.3 is 0 Å². The zero-order chi connectivity index (χ0) is 15.1. The van der Waals surface area contributed by atoms with Crippen molar-refractivity contribution in [1.29, 1.82) is 0 Å². The summed E-state index contributed by atoms with van der Waals surface area (Å²) in [4.78, 5) is 0. The number of hydrogen-bond donors (Lipinski definition) is 0. The quantitative estimate of drug-likeness (QED) is 0.796. The van der Waals surface area contributed by atoms with Crippen LogP contribution in [0.5, 0.6) is 17.2 Å². The average Bonchev–Trinajstić information content (AvgIpc) is 2.53. The van der Waals surface area contributed by atoms with Crippen LogP contribution in [0, 0.1) is 0 Å². The van der Waals surface area contributed by atoms with Crippen LogP contribution in [0.4, 0.5) is 0 Å². The second-order valence-corrected chi connectivity index (χ2v) is 4.64. The molecule has 0 heterocycles. The Labute approximate surface area is 125 Å². The number of methoxy groups -OCH3 is 2. The third-order valence-electron chi connectivity index (χ3n) is 3.01. The zero-order valence-corrected chi connectivity index (χ0v) is 12.6. The summed E-state index contributed by atoms with van der Waals surface area (Å²) in [5.41, 5.74) is 1.15. The number of ether oxygens (including phenoxy) is 3. The van der Waals surface area contributed by atoms with Crippen molar-refractivity contribution >= 4 is 6.08 Å². The van der Waals surface area contributed by atoms with E-state index in [0.717, 1.165) is 11.3 Å². The van der Waals surface area contributed by atoms with Gasteiger partial charge in [0.05, 0.1) is 14.2 Å². The van der Waals surface area contributed by atoms with Crippen LogP contribution in [0.15, 0.2) is 54.6 Å². The van der Waals surface area contributed by atoms with Crippen LogP contribution in [0.1, 0.15) is 12.5 Å². The SMILES string of the molecule is COc1cc(OC)cc(OC(C)/C=C/c2ccccc2)c1. The first-order valence-electron chi connectivity index (χ1n) is 6.84. The Balaban J connectivity index is 2.05. The lowest BCUT2D eigenvalue weighted by Gasteiger charge is -2.13. The highest BCUT2D eigenvalue weighted by Gasteiger charge is 2.05. The second-order valence-electron chi connectivity index (χ2n) is 4.64. The van der Waals surface area contributed by atoms with E-state index in [2.05, 4.69) is 12.1 Å². The molecule has 0 spiro atoms. The predicted octanol–water partition coefficient (Wildman–Crippen LogP) is 4.18. The van der Waals surface area contributed by atoms with Crippen molar-refractivity contribution in [2.75, 3.05) is 14.2 Å². The van der Waals surface area contributed by atoms with Gasteiger partial charge in [-0.25, -0.2) is 0 Å². The maximum atomic E-state index is 5.87. The highest BCUT2D eigenvalue weighted by atomic mass is 16.5. The van der Waals surface area contributed by atoms with Gasteiger partial charge in [-0.3, -0.25) is 0 Å². The van der Waals surface area contributed by atoms with Crippen molar-refractivity contribution in [2.24, 2.45) is 0 Å². The average molecular weight is 284 g/mol. The van der Waals surface area contributed by atoms with Crippen LogP contribution >= 0.6 is 0 Å². The minimum atomic E-state index is -0.0537. The molecule has 0 saturated heterocycles. The third kappa shape index (κ3) is 4.56. The fourth-order valence-electron chi connectivity index (χ4n) is 1.91. The van der Waals surface area contributed by atoms with Gasteiger partial charge in [-0.2, -0.15) is 0 Å². The number of hydrogen-bond acceptors (Lipinski definition) is 3. The molecule has 0 fully saturated rings. The molecule has 2 rings (SSSR count). The van der Waals surface area contributed by atoms with Crippen LogP contribution in [0.2, 0.25) is 0 Å². The molecule has 3 heteroatoms. The Morgan fingerprint density at radius 3 is 2.00 bits per heavy atom. The molecule has 2 aromatic rings. The Bertz CT molecular complexity index is 568. The molecule has 0 aliphatic heterocycles. The van der Waals surface area contributed by atoms with Gasteiger partial charge in [-0.05, 0) is 18.6 Å². The predicted molar refractivity (Wildman–Crippen MR) is 85.1 cm³/mol. The maximum absolute atomic E-state index is 5.87. The molecular weight excluding hydrogens is 264 g/mol. The summed E-state index contributed by atoms with van der Waals surface area (Å²) >= 11 is 0. The molecule has 21 heavy (non-hydrogen) atoms. The minimum absolute atomic E-state index is 0.0537. The van der Waals surface area contributed by atoms with Crippen LogP contribution in [-0.4, -0.2) is 20.3 Å². The van der Waals surface area contributed by atoms with Crippen molar-refractivity contribution in [3.63, 3.8) is 0 Å². The molecule has 0 saturated carbocycles. The molecule has 0 bridgehead atoms. The minimum Gasteiger partial charge on any atom is -0.496 e. The Morgan fingerprint density at radius 2 is 1.43 bits per heavy atom. The van der Waals surface area contributed by atoms with E-state index >= 15 is 0 Å². The third-order valence-corrected chi connectivity index (χ3v) is 3.01. The fourth-order valence-corrected chi connectivity index (χ4v) is 1.91. The van der Waals surface area contributed by atoms with Crippen molar-refractivity contribution in [3.05, 3.63) is 60.2 Å². The zero-order valence-electron chi connectivity index (χ0n) is 12.6. The molecular formula is C18H20O3. The van der Waals surface area contributed by atoms with Crippen molar-refractivity contribution in [1.82, 2.24) is 0 Å². The molecule has 0 aliphatic carbocycles. The van der Waals surface area contributed by atoms with Crippen LogP contribution in [0.25, 0.3) is 6.08 Å². The lowest BCUT2D eigenvalue weighted by atomic mass is 10.2. The van der Waals surface area contributed by atoms with Crippen LogP contribution in [0.3, 0.4) is 0 Å². The summed E-state index contributed by atoms with van der Waals surface area (Å²) in [7, 11) is 3.24. The molecule has 1 unspecified atom stereocenters. The van der Waals surface area contributed by atoms with E-state index in [-0.39, 0.29) is 6.10 Å². The first-order valence-corrected chi connectivity index (χ1v) is 6.84. The van der Waals surface area contributed by atoms with E-state index in [9.17, 15) is 0 Å². The Hall–Kier alpha value is -2.42. The van der Waals surface area contributed by atoms with Gasteiger partial charge in [0.2, 0.25) is 0 Å². The van der Waals surface area contributed by atoms with Crippen LogP contribution in [-0.2, 0) is 0 Å². The molecule has 1 atom stereocenters. The molecule has 2 aromatic carbocycles. The molecule has 0 radical (unpaired) electrons. The highest BCUT2D eigenvalue weighted by molar-refractivity contribution is 5.49. The highest BCUT2D eigenvalue weighted by Crippen LogP contribution is 2.28. The summed E-state index contributed by atoms with van der Waals surface area (Å²) < 4.78 is 16.3. The summed E-state index contributed by atoms with van der Waals surface area (Å²) in [6.45, 7) is 1.99. The van der Waals surface area contributed by atoms with Crippen molar-refractivity contribution in [3.8, 4) is 17.2 Å². The maximum Gasteiger partial charge on any atom is 0.127 e.